The van der Waals surface area contributed by atoms with E-state index in [-0.39, 0.29) is 6.04 Å². The van der Waals surface area contributed by atoms with Gasteiger partial charge in [0.2, 0.25) is 0 Å². The van der Waals surface area contributed by atoms with Gasteiger partial charge >= 0.3 is 0 Å². The monoisotopic (exact) mass is 254 g/mol. The maximum Gasteiger partial charge on any atom is 0.181 e. The Hall–Kier alpha value is -2.49. The molecule has 3 aromatic rings. The molecule has 0 bridgehead atoms. The summed E-state index contributed by atoms with van der Waals surface area (Å²) in [7, 11) is 0. The van der Waals surface area contributed by atoms with Crippen molar-refractivity contribution in [3.8, 4) is 11.3 Å². The highest BCUT2D eigenvalue weighted by molar-refractivity contribution is 5.63. The topological polar surface area (TPSA) is 51.2 Å². The van der Waals surface area contributed by atoms with E-state index in [1.54, 1.807) is 18.7 Å². The first-order valence-electron chi connectivity index (χ1n) is 6.10. The number of hydrogen-bond donors (Lipinski definition) is 1. The van der Waals surface area contributed by atoms with E-state index in [9.17, 15) is 0 Å². The van der Waals surface area contributed by atoms with E-state index in [2.05, 4.69) is 17.2 Å². The van der Waals surface area contributed by atoms with Gasteiger partial charge in [0.1, 0.15) is 0 Å². The van der Waals surface area contributed by atoms with Gasteiger partial charge in [0.05, 0.1) is 24.8 Å². The molecule has 2 heterocycles. The van der Waals surface area contributed by atoms with Gasteiger partial charge in [-0.05, 0) is 25.1 Å². The van der Waals surface area contributed by atoms with Crippen LogP contribution in [-0.2, 0) is 0 Å². The van der Waals surface area contributed by atoms with Gasteiger partial charge < -0.3 is 14.2 Å². The number of aromatic nitrogens is 1. The third-order valence-corrected chi connectivity index (χ3v) is 3.01. The summed E-state index contributed by atoms with van der Waals surface area (Å²) in [5.74, 6) is 0.764. The van der Waals surface area contributed by atoms with Crippen LogP contribution in [0.15, 0.2) is 64.3 Å². The zero-order chi connectivity index (χ0) is 13.1. The lowest BCUT2D eigenvalue weighted by Gasteiger charge is -2.14. The van der Waals surface area contributed by atoms with Crippen LogP contribution in [0.4, 0.5) is 5.69 Å². The fraction of sp³-hybridized carbons (Fsp3) is 0.133. The minimum atomic E-state index is 0.184. The van der Waals surface area contributed by atoms with Crippen LogP contribution < -0.4 is 5.32 Å². The lowest BCUT2D eigenvalue weighted by molar-refractivity contribution is 0.562. The van der Waals surface area contributed by atoms with Crippen molar-refractivity contribution >= 4 is 5.69 Å². The van der Waals surface area contributed by atoms with E-state index in [1.165, 1.54) is 6.39 Å². The van der Waals surface area contributed by atoms with E-state index in [1.807, 2.05) is 30.3 Å². The number of nitrogens with zero attached hydrogens (tertiary/aromatic N) is 1. The molecule has 0 aliphatic carbocycles. The Morgan fingerprint density at radius 2 is 2.21 bits per heavy atom. The predicted octanol–water partition coefficient (Wildman–Crippen LogP) is 4.11. The van der Waals surface area contributed by atoms with Crippen LogP contribution in [0.5, 0.6) is 0 Å². The highest BCUT2D eigenvalue weighted by atomic mass is 16.3. The van der Waals surface area contributed by atoms with Crippen LogP contribution in [0, 0.1) is 0 Å². The van der Waals surface area contributed by atoms with Gasteiger partial charge in [0.25, 0.3) is 0 Å². The molecule has 19 heavy (non-hydrogen) atoms. The summed E-state index contributed by atoms with van der Waals surface area (Å²) in [6, 6.07) is 10.2. The Morgan fingerprint density at radius 3 is 2.95 bits per heavy atom. The van der Waals surface area contributed by atoms with E-state index >= 15 is 0 Å². The molecule has 0 radical (unpaired) electrons. The SMILES string of the molecule is CC(Nc1cccc(-c2cnco2)c1)c1ccoc1. The van der Waals surface area contributed by atoms with E-state index in [0.717, 1.165) is 22.6 Å². The minimum Gasteiger partial charge on any atom is -0.472 e. The zero-order valence-electron chi connectivity index (χ0n) is 10.5. The third kappa shape index (κ3) is 2.52. The molecule has 0 amide bonds. The van der Waals surface area contributed by atoms with E-state index in [0.29, 0.717) is 0 Å². The fourth-order valence-electron chi connectivity index (χ4n) is 1.98. The maximum absolute atomic E-state index is 5.30. The van der Waals surface area contributed by atoms with E-state index < -0.39 is 0 Å². The Bertz CT molecular complexity index is 630. The van der Waals surface area contributed by atoms with Crippen molar-refractivity contribution in [2.45, 2.75) is 13.0 Å². The number of oxazole rings is 1. The quantitative estimate of drug-likeness (QED) is 0.761. The molecule has 0 saturated carbocycles. The molecule has 0 aliphatic rings. The molecule has 0 spiro atoms. The summed E-state index contributed by atoms with van der Waals surface area (Å²) < 4.78 is 10.4. The Balaban J connectivity index is 1.80. The number of rotatable bonds is 4. The van der Waals surface area contributed by atoms with Crippen molar-refractivity contribution in [3.05, 3.63) is 61.0 Å². The molecule has 2 aromatic heterocycles. The molecule has 1 unspecified atom stereocenters. The van der Waals surface area contributed by atoms with Crippen LogP contribution in [0.2, 0.25) is 0 Å². The summed E-state index contributed by atoms with van der Waals surface area (Å²) in [4.78, 5) is 3.93. The standard InChI is InChI=1S/C15H14N2O2/c1-11(13-5-6-18-9-13)17-14-4-2-3-12(7-14)15-8-16-10-19-15/h2-11,17H,1H3. The number of hydrogen-bond acceptors (Lipinski definition) is 4. The Kier molecular flexibility index (Phi) is 3.06. The number of nitrogens with one attached hydrogen (secondary N) is 1. The lowest BCUT2D eigenvalue weighted by Crippen LogP contribution is -2.05. The molecular weight excluding hydrogens is 240 g/mol. The lowest BCUT2D eigenvalue weighted by atomic mass is 10.1. The van der Waals surface area contributed by atoms with Crippen molar-refractivity contribution in [1.82, 2.24) is 4.98 Å². The molecule has 1 atom stereocenters. The van der Waals surface area contributed by atoms with E-state index in [4.69, 9.17) is 8.83 Å². The largest absolute Gasteiger partial charge is 0.472 e. The molecule has 0 saturated heterocycles. The summed E-state index contributed by atoms with van der Waals surface area (Å²) in [5.41, 5.74) is 3.15. The van der Waals surface area contributed by atoms with Gasteiger partial charge in [-0.1, -0.05) is 12.1 Å². The van der Waals surface area contributed by atoms with Crippen molar-refractivity contribution in [2.75, 3.05) is 5.32 Å². The van der Waals surface area contributed by atoms with Crippen molar-refractivity contribution in [1.29, 1.82) is 0 Å². The first kappa shape index (κ1) is 11.6. The van der Waals surface area contributed by atoms with Crippen LogP contribution in [-0.4, -0.2) is 4.98 Å². The molecule has 1 N–H and O–H groups in total. The number of benzene rings is 1. The summed E-state index contributed by atoms with van der Waals surface area (Å²) >= 11 is 0. The molecule has 1 aromatic carbocycles. The minimum absolute atomic E-state index is 0.184. The summed E-state index contributed by atoms with van der Waals surface area (Å²) in [6.07, 6.45) is 6.57. The normalized spacial score (nSPS) is 12.3. The van der Waals surface area contributed by atoms with Gasteiger partial charge in [0, 0.05) is 16.8 Å². The van der Waals surface area contributed by atoms with Crippen LogP contribution in [0.25, 0.3) is 11.3 Å². The average molecular weight is 254 g/mol. The van der Waals surface area contributed by atoms with Crippen molar-refractivity contribution in [2.24, 2.45) is 0 Å². The number of furan rings is 1. The molecule has 4 nitrogen and oxygen atoms in total. The van der Waals surface area contributed by atoms with Crippen molar-refractivity contribution < 1.29 is 8.83 Å². The Morgan fingerprint density at radius 1 is 1.26 bits per heavy atom. The molecule has 4 heteroatoms. The van der Waals surface area contributed by atoms with Crippen LogP contribution >= 0.6 is 0 Å². The first-order chi connectivity index (χ1) is 9.33. The molecule has 0 fully saturated rings. The smallest absolute Gasteiger partial charge is 0.181 e. The first-order valence-corrected chi connectivity index (χ1v) is 6.10. The maximum atomic E-state index is 5.30. The van der Waals surface area contributed by atoms with Crippen molar-refractivity contribution in [3.63, 3.8) is 0 Å². The van der Waals surface area contributed by atoms with Gasteiger partial charge in [0.15, 0.2) is 12.2 Å². The fourth-order valence-corrected chi connectivity index (χ4v) is 1.98. The molecule has 96 valence electrons. The van der Waals surface area contributed by atoms with Gasteiger partial charge in [-0.3, -0.25) is 0 Å². The predicted molar refractivity (Wildman–Crippen MR) is 72.7 cm³/mol. The Labute approximate surface area is 111 Å². The second kappa shape index (κ2) is 5.02. The highest BCUT2D eigenvalue weighted by Crippen LogP contribution is 2.25. The second-order valence-corrected chi connectivity index (χ2v) is 4.37. The summed E-state index contributed by atoms with van der Waals surface area (Å²) in [6.45, 7) is 2.09. The highest BCUT2D eigenvalue weighted by Gasteiger charge is 2.08. The van der Waals surface area contributed by atoms with Gasteiger partial charge in [-0.2, -0.15) is 0 Å². The van der Waals surface area contributed by atoms with Gasteiger partial charge in [-0.15, -0.1) is 0 Å². The van der Waals surface area contributed by atoms with Gasteiger partial charge in [-0.25, -0.2) is 4.98 Å². The molecular formula is C15H14N2O2. The zero-order valence-corrected chi connectivity index (χ0v) is 10.5. The van der Waals surface area contributed by atoms with Crippen LogP contribution in [0.1, 0.15) is 18.5 Å². The molecule has 0 aliphatic heterocycles. The molecule has 3 rings (SSSR count). The van der Waals surface area contributed by atoms with Crippen LogP contribution in [0.3, 0.4) is 0 Å². The number of anilines is 1. The summed E-state index contributed by atoms with van der Waals surface area (Å²) in [5, 5.41) is 3.42. The third-order valence-electron chi connectivity index (χ3n) is 3.01. The second-order valence-electron chi connectivity index (χ2n) is 4.37. The average Bonchev–Trinajstić information content (AvgIpc) is 3.13.